The summed E-state index contributed by atoms with van der Waals surface area (Å²) in [6.07, 6.45) is 6.68. The number of rotatable bonds is 4. The lowest BCUT2D eigenvalue weighted by Gasteiger charge is -1.98. The molecule has 15 heavy (non-hydrogen) atoms. The van der Waals surface area contributed by atoms with Crippen LogP contribution in [0, 0.1) is 11.3 Å². The molecule has 0 saturated carbocycles. The van der Waals surface area contributed by atoms with Gasteiger partial charge in [0.15, 0.2) is 0 Å². The third-order valence-corrected chi connectivity index (χ3v) is 1.74. The van der Waals surface area contributed by atoms with Gasteiger partial charge in [-0.1, -0.05) is 25.3 Å². The number of nitriles is 1. The Morgan fingerprint density at radius 3 is 2.27 bits per heavy atom. The Balaban J connectivity index is 4.60. The number of nitrogens with zero attached hydrogens (tertiary/aromatic N) is 1. The van der Waals surface area contributed by atoms with Crippen LogP contribution < -0.4 is 0 Å². The van der Waals surface area contributed by atoms with Crippen molar-refractivity contribution in [3.8, 4) is 6.07 Å². The normalized spacial score (nSPS) is 12.6. The fourth-order valence-corrected chi connectivity index (χ4v) is 0.723. The standard InChI is InChI=1S/C13H15NO/c1-10(9-14)5-6-11(2)12(3)7-8-13(4)15/h5-8,15H,3-4H2,1-2H3/b8-7-,10-5+,11-6+. The summed E-state index contributed by atoms with van der Waals surface area (Å²) in [6, 6.07) is 2.02. The quantitative estimate of drug-likeness (QED) is 0.429. The third kappa shape index (κ3) is 6.11. The summed E-state index contributed by atoms with van der Waals surface area (Å²) >= 11 is 0. The van der Waals surface area contributed by atoms with E-state index in [1.165, 1.54) is 6.08 Å². The molecule has 0 heterocycles. The molecule has 0 amide bonds. The van der Waals surface area contributed by atoms with Gasteiger partial charge < -0.3 is 5.11 Å². The zero-order valence-electron chi connectivity index (χ0n) is 9.12. The molecule has 0 saturated heterocycles. The molecule has 0 fully saturated rings. The zero-order chi connectivity index (χ0) is 11.8. The van der Waals surface area contributed by atoms with Gasteiger partial charge in [-0.05, 0) is 37.1 Å². The van der Waals surface area contributed by atoms with Crippen LogP contribution in [0.15, 0.2) is 59.9 Å². The van der Waals surface area contributed by atoms with Crippen LogP contribution in [0.3, 0.4) is 0 Å². The van der Waals surface area contributed by atoms with Crippen LogP contribution in [0.1, 0.15) is 13.8 Å². The average Bonchev–Trinajstić information content (AvgIpc) is 2.21. The molecule has 0 aromatic heterocycles. The van der Waals surface area contributed by atoms with Gasteiger partial charge in [0.2, 0.25) is 0 Å². The number of aliphatic hydroxyl groups excluding tert-OH is 1. The van der Waals surface area contributed by atoms with E-state index >= 15 is 0 Å². The molecule has 0 aromatic rings. The van der Waals surface area contributed by atoms with E-state index in [2.05, 4.69) is 13.2 Å². The molecule has 0 bridgehead atoms. The molecule has 2 heteroatoms. The highest BCUT2D eigenvalue weighted by molar-refractivity contribution is 5.40. The predicted octanol–water partition coefficient (Wildman–Crippen LogP) is 3.59. The molecule has 0 rings (SSSR count). The van der Waals surface area contributed by atoms with Gasteiger partial charge in [-0.25, -0.2) is 0 Å². The molecule has 78 valence electrons. The maximum absolute atomic E-state index is 8.84. The van der Waals surface area contributed by atoms with Crippen LogP contribution in [0.2, 0.25) is 0 Å². The van der Waals surface area contributed by atoms with Gasteiger partial charge in [-0.15, -0.1) is 0 Å². The SMILES string of the molecule is C=C(O)/C=C\C(=C)/C(C)=C/C=C(\C)C#N. The van der Waals surface area contributed by atoms with E-state index < -0.39 is 0 Å². The van der Waals surface area contributed by atoms with Gasteiger partial charge in [0.25, 0.3) is 0 Å². The fourth-order valence-electron chi connectivity index (χ4n) is 0.723. The predicted molar refractivity (Wildman–Crippen MR) is 63.2 cm³/mol. The highest BCUT2D eigenvalue weighted by Crippen LogP contribution is 2.09. The van der Waals surface area contributed by atoms with Crippen molar-refractivity contribution in [1.29, 1.82) is 5.26 Å². The average molecular weight is 201 g/mol. The van der Waals surface area contributed by atoms with E-state index in [4.69, 9.17) is 10.4 Å². The Morgan fingerprint density at radius 1 is 1.20 bits per heavy atom. The number of aliphatic hydroxyl groups is 1. The number of hydrogen-bond donors (Lipinski definition) is 1. The molecular formula is C13H15NO. The highest BCUT2D eigenvalue weighted by Gasteiger charge is 1.91. The van der Waals surface area contributed by atoms with Crippen molar-refractivity contribution in [3.63, 3.8) is 0 Å². The van der Waals surface area contributed by atoms with Crippen LogP contribution in [-0.4, -0.2) is 5.11 Å². The first-order valence-corrected chi connectivity index (χ1v) is 4.48. The minimum absolute atomic E-state index is 0.00676. The van der Waals surface area contributed by atoms with Crippen molar-refractivity contribution in [3.05, 3.63) is 59.9 Å². The van der Waals surface area contributed by atoms with Gasteiger partial charge in [-0.3, -0.25) is 0 Å². The summed E-state index contributed by atoms with van der Waals surface area (Å²) in [7, 11) is 0. The Hall–Kier alpha value is -2.01. The van der Waals surface area contributed by atoms with Crippen molar-refractivity contribution in [1.82, 2.24) is 0 Å². The first-order chi connectivity index (χ1) is 6.97. The molecule has 0 unspecified atom stereocenters. The fraction of sp³-hybridized carbons (Fsp3) is 0.154. The van der Waals surface area contributed by atoms with Crippen LogP contribution in [0.4, 0.5) is 0 Å². The van der Waals surface area contributed by atoms with Gasteiger partial charge in [0, 0.05) is 5.57 Å². The second-order valence-corrected chi connectivity index (χ2v) is 3.16. The molecule has 1 N–H and O–H groups in total. The maximum Gasteiger partial charge on any atom is 0.108 e. The maximum atomic E-state index is 8.84. The topological polar surface area (TPSA) is 44.0 Å². The molecule has 0 spiro atoms. The Labute approximate surface area is 90.9 Å². The summed E-state index contributed by atoms with van der Waals surface area (Å²) in [5.41, 5.74) is 2.34. The molecular weight excluding hydrogens is 186 g/mol. The second-order valence-electron chi connectivity index (χ2n) is 3.16. The van der Waals surface area contributed by atoms with Crippen LogP contribution >= 0.6 is 0 Å². The molecule has 0 aliphatic rings. The van der Waals surface area contributed by atoms with E-state index in [1.807, 2.05) is 19.1 Å². The molecule has 0 aliphatic carbocycles. The van der Waals surface area contributed by atoms with E-state index in [0.29, 0.717) is 5.57 Å². The third-order valence-electron chi connectivity index (χ3n) is 1.74. The molecule has 0 aliphatic heterocycles. The molecule has 2 nitrogen and oxygen atoms in total. The lowest BCUT2D eigenvalue weighted by Crippen LogP contribution is -1.79. The van der Waals surface area contributed by atoms with Gasteiger partial charge in [0.1, 0.15) is 5.76 Å². The zero-order valence-corrected chi connectivity index (χ0v) is 9.12. The van der Waals surface area contributed by atoms with E-state index in [0.717, 1.165) is 11.1 Å². The molecule has 0 radical (unpaired) electrons. The second kappa shape index (κ2) is 6.44. The van der Waals surface area contributed by atoms with E-state index in [9.17, 15) is 0 Å². The van der Waals surface area contributed by atoms with Crippen molar-refractivity contribution in [2.45, 2.75) is 13.8 Å². The summed E-state index contributed by atoms with van der Waals surface area (Å²) in [6.45, 7) is 10.8. The Bertz CT molecular complexity index is 389. The highest BCUT2D eigenvalue weighted by atomic mass is 16.3. The van der Waals surface area contributed by atoms with Gasteiger partial charge in [-0.2, -0.15) is 5.26 Å². The van der Waals surface area contributed by atoms with Gasteiger partial charge >= 0.3 is 0 Å². The van der Waals surface area contributed by atoms with Crippen LogP contribution in [0.5, 0.6) is 0 Å². The van der Waals surface area contributed by atoms with Crippen molar-refractivity contribution >= 4 is 0 Å². The van der Waals surface area contributed by atoms with E-state index in [1.54, 1.807) is 19.1 Å². The summed E-state index contributed by atoms with van der Waals surface area (Å²) in [4.78, 5) is 0. The first kappa shape index (κ1) is 13.0. The summed E-state index contributed by atoms with van der Waals surface area (Å²) < 4.78 is 0. The van der Waals surface area contributed by atoms with Crippen LogP contribution in [-0.2, 0) is 0 Å². The lowest BCUT2D eigenvalue weighted by atomic mass is 10.1. The molecule has 0 atom stereocenters. The Morgan fingerprint density at radius 2 is 1.80 bits per heavy atom. The molecule has 0 aromatic carbocycles. The number of hydrogen-bond acceptors (Lipinski definition) is 2. The smallest absolute Gasteiger partial charge is 0.108 e. The largest absolute Gasteiger partial charge is 0.509 e. The monoisotopic (exact) mass is 201 g/mol. The lowest BCUT2D eigenvalue weighted by molar-refractivity contribution is 0.435. The minimum Gasteiger partial charge on any atom is -0.509 e. The minimum atomic E-state index is -0.00676. The van der Waals surface area contributed by atoms with E-state index in [-0.39, 0.29) is 5.76 Å². The van der Waals surface area contributed by atoms with Crippen molar-refractivity contribution in [2.24, 2.45) is 0 Å². The van der Waals surface area contributed by atoms with Crippen molar-refractivity contribution in [2.75, 3.05) is 0 Å². The van der Waals surface area contributed by atoms with Crippen LogP contribution in [0.25, 0.3) is 0 Å². The Kier molecular flexibility index (Phi) is 5.58. The van der Waals surface area contributed by atoms with Crippen molar-refractivity contribution < 1.29 is 5.11 Å². The number of allylic oxidation sites excluding steroid dienone is 7. The van der Waals surface area contributed by atoms with Gasteiger partial charge in [0.05, 0.1) is 6.07 Å². The summed E-state index contributed by atoms with van der Waals surface area (Å²) in [5.74, 6) is -0.00676. The summed E-state index contributed by atoms with van der Waals surface area (Å²) in [5, 5.41) is 17.4. The first-order valence-electron chi connectivity index (χ1n) is 4.48.